The van der Waals surface area contributed by atoms with Crippen molar-refractivity contribution in [2.45, 2.75) is 12.5 Å². The minimum Gasteiger partial charge on any atom is -0.475 e. The van der Waals surface area contributed by atoms with E-state index in [0.29, 0.717) is 17.3 Å². The lowest BCUT2D eigenvalue weighted by Crippen LogP contribution is -2.86. The number of rotatable bonds is 7. The molecule has 2 rings (SSSR count). The maximum atomic E-state index is 13.2. The lowest BCUT2D eigenvalue weighted by Gasteiger charge is -2.29. The van der Waals surface area contributed by atoms with Crippen LogP contribution in [0.5, 0.6) is 5.75 Å². The summed E-state index contributed by atoms with van der Waals surface area (Å²) in [6.07, 6.45) is 2.49. The van der Waals surface area contributed by atoms with E-state index < -0.39 is 5.60 Å². The van der Waals surface area contributed by atoms with Crippen molar-refractivity contribution in [3.63, 3.8) is 0 Å². The third-order valence-corrected chi connectivity index (χ3v) is 3.71. The fourth-order valence-electron chi connectivity index (χ4n) is 2.17. The van der Waals surface area contributed by atoms with E-state index in [0.717, 1.165) is 11.9 Å². The zero-order valence-corrected chi connectivity index (χ0v) is 13.4. The van der Waals surface area contributed by atoms with Crippen LogP contribution in [0.3, 0.4) is 0 Å². The second-order valence-electron chi connectivity index (χ2n) is 5.14. The highest BCUT2D eigenvalue weighted by Gasteiger charge is 2.32. The van der Waals surface area contributed by atoms with Crippen LogP contribution in [0, 0.1) is 11.2 Å². The van der Waals surface area contributed by atoms with E-state index in [1.165, 1.54) is 18.5 Å². The van der Waals surface area contributed by atoms with Gasteiger partial charge in [0.1, 0.15) is 24.5 Å². The van der Waals surface area contributed by atoms with Crippen LogP contribution in [0.15, 0.2) is 53.5 Å². The van der Waals surface area contributed by atoms with Gasteiger partial charge in [-0.3, -0.25) is 5.41 Å². The Balaban J connectivity index is 2.30. The molecular formula is C17H18ClFN3O+. The third-order valence-electron chi connectivity index (χ3n) is 3.40. The highest BCUT2D eigenvalue weighted by molar-refractivity contribution is 6.32. The van der Waals surface area contributed by atoms with Crippen molar-refractivity contribution < 1.29 is 14.4 Å². The minimum atomic E-state index is -0.743. The largest absolute Gasteiger partial charge is 0.475 e. The number of para-hydroxylation sites is 1. The molecule has 0 aromatic heterocycles. The molecule has 0 radical (unpaired) electrons. The predicted octanol–water partition coefficient (Wildman–Crippen LogP) is 2.97. The normalized spacial score (nSPS) is 13.7. The van der Waals surface area contributed by atoms with E-state index in [9.17, 15) is 4.39 Å². The molecule has 0 aliphatic heterocycles. The predicted molar refractivity (Wildman–Crippen MR) is 89.9 cm³/mol. The van der Waals surface area contributed by atoms with E-state index >= 15 is 0 Å². The topological polar surface area (TPSA) is 62.0 Å². The zero-order chi connectivity index (χ0) is 16.7. The first kappa shape index (κ1) is 17.1. The van der Waals surface area contributed by atoms with Crippen LogP contribution in [0.1, 0.15) is 12.5 Å². The Bertz CT molecular complexity index is 690. The van der Waals surface area contributed by atoms with E-state index in [2.05, 4.69) is 4.99 Å². The van der Waals surface area contributed by atoms with E-state index in [1.807, 2.05) is 19.1 Å². The highest BCUT2D eigenvalue weighted by Crippen LogP contribution is 2.31. The van der Waals surface area contributed by atoms with Gasteiger partial charge in [0.05, 0.1) is 5.02 Å². The molecule has 6 heteroatoms. The molecular weight excluding hydrogens is 317 g/mol. The molecule has 4 nitrogen and oxygen atoms in total. The van der Waals surface area contributed by atoms with Crippen LogP contribution in [0.4, 0.5) is 4.39 Å². The molecule has 0 amide bonds. The first-order chi connectivity index (χ1) is 11.0. The fourth-order valence-corrected chi connectivity index (χ4v) is 2.35. The molecule has 0 aliphatic rings. The van der Waals surface area contributed by atoms with Crippen molar-refractivity contribution in [3.8, 4) is 5.75 Å². The molecule has 0 bridgehead atoms. The minimum absolute atomic E-state index is 0.303. The van der Waals surface area contributed by atoms with E-state index in [-0.39, 0.29) is 5.82 Å². The number of quaternary nitrogens is 1. The monoisotopic (exact) mass is 334 g/mol. The maximum absolute atomic E-state index is 13.2. The molecule has 1 unspecified atom stereocenters. The van der Waals surface area contributed by atoms with E-state index in [4.69, 9.17) is 21.7 Å². The summed E-state index contributed by atoms with van der Waals surface area (Å²) < 4.78 is 19.3. The average molecular weight is 335 g/mol. The summed E-state index contributed by atoms with van der Waals surface area (Å²) >= 11 is 6.18. The third kappa shape index (κ3) is 4.61. The first-order valence-corrected chi connectivity index (χ1v) is 7.46. The molecule has 0 spiro atoms. The van der Waals surface area contributed by atoms with Crippen LogP contribution in [0.2, 0.25) is 5.02 Å². The molecule has 1 atom stereocenters. The van der Waals surface area contributed by atoms with Crippen LogP contribution < -0.4 is 10.1 Å². The number of nitrogens with one attached hydrogen (secondary N) is 1. The van der Waals surface area contributed by atoms with Gasteiger partial charge < -0.3 is 10.1 Å². The van der Waals surface area contributed by atoms with Gasteiger partial charge in [-0.15, -0.1) is 0 Å². The van der Waals surface area contributed by atoms with Gasteiger partial charge in [0, 0.05) is 5.56 Å². The molecule has 0 fully saturated rings. The van der Waals surface area contributed by atoms with E-state index in [1.54, 1.807) is 29.6 Å². The Morgan fingerprint density at radius 3 is 2.61 bits per heavy atom. The van der Waals surface area contributed by atoms with Gasteiger partial charge in [-0.1, -0.05) is 35.9 Å². The fraction of sp³-hybridized carbons (Fsp3) is 0.176. The summed E-state index contributed by atoms with van der Waals surface area (Å²) in [5.41, 5.74) is 0.0746. The van der Waals surface area contributed by atoms with Crippen molar-refractivity contribution in [1.29, 1.82) is 5.41 Å². The SMILES string of the molecule is CC(C[NH2+]C=NC=N)(Oc1ccccc1Cl)c1ccc(F)cc1. The molecule has 2 aromatic rings. The van der Waals surface area contributed by atoms with Crippen molar-refractivity contribution in [2.75, 3.05) is 6.54 Å². The summed E-state index contributed by atoms with van der Waals surface area (Å²) in [5.74, 6) is 0.251. The molecule has 0 saturated carbocycles. The molecule has 0 saturated heterocycles. The van der Waals surface area contributed by atoms with Gasteiger partial charge in [-0.2, -0.15) is 4.99 Å². The van der Waals surface area contributed by atoms with Crippen molar-refractivity contribution in [3.05, 3.63) is 64.9 Å². The summed E-state index contributed by atoms with van der Waals surface area (Å²) in [7, 11) is 0. The second-order valence-corrected chi connectivity index (χ2v) is 5.54. The van der Waals surface area contributed by atoms with Crippen molar-refractivity contribution >= 4 is 24.3 Å². The number of hydrogen-bond acceptors (Lipinski definition) is 2. The van der Waals surface area contributed by atoms with Crippen molar-refractivity contribution in [1.82, 2.24) is 0 Å². The summed E-state index contributed by atoms with van der Waals surface area (Å²) in [6.45, 7) is 2.39. The Kier molecular flexibility index (Phi) is 5.84. The summed E-state index contributed by atoms with van der Waals surface area (Å²) in [6, 6.07) is 13.4. The van der Waals surface area contributed by atoms with Crippen LogP contribution >= 0.6 is 11.6 Å². The zero-order valence-electron chi connectivity index (χ0n) is 12.7. The Labute approximate surface area is 139 Å². The second kappa shape index (κ2) is 7.85. The number of nitrogens with two attached hydrogens (primary N) is 1. The quantitative estimate of drug-likeness (QED) is 0.593. The lowest BCUT2D eigenvalue weighted by atomic mass is 9.95. The Hall–Kier alpha value is -2.24. The molecule has 2 aromatic carbocycles. The van der Waals surface area contributed by atoms with Gasteiger partial charge >= 0.3 is 0 Å². The Morgan fingerprint density at radius 2 is 1.96 bits per heavy atom. The number of ether oxygens (including phenoxy) is 1. The van der Waals surface area contributed by atoms with Crippen molar-refractivity contribution in [2.24, 2.45) is 4.99 Å². The number of halogens is 2. The number of nitrogens with zero attached hydrogens (tertiary/aromatic N) is 1. The van der Waals surface area contributed by atoms with Gasteiger partial charge in [-0.05, 0) is 31.2 Å². The van der Waals surface area contributed by atoms with Crippen LogP contribution in [-0.4, -0.2) is 19.2 Å². The molecule has 0 heterocycles. The van der Waals surface area contributed by atoms with Gasteiger partial charge in [0.2, 0.25) is 0 Å². The van der Waals surface area contributed by atoms with Crippen LogP contribution in [-0.2, 0) is 5.60 Å². The summed E-state index contributed by atoms with van der Waals surface area (Å²) in [4.78, 5) is 3.73. The number of benzene rings is 2. The number of aliphatic imine (C=N–C) groups is 1. The standard InChI is InChI=1S/C17H17ClFN3O/c1-17(10-21-12-22-11-20,13-6-8-14(19)9-7-13)23-16-5-3-2-4-15(16)18/h2-9,11-12H,10H2,1H3,(H2,20,21,22)/p+1. The Morgan fingerprint density at radius 1 is 1.26 bits per heavy atom. The van der Waals surface area contributed by atoms with Gasteiger partial charge in [0.25, 0.3) is 0 Å². The highest BCUT2D eigenvalue weighted by atomic mass is 35.5. The van der Waals surface area contributed by atoms with Crippen LogP contribution in [0.25, 0.3) is 0 Å². The maximum Gasteiger partial charge on any atom is 0.188 e. The smallest absolute Gasteiger partial charge is 0.188 e. The van der Waals surface area contributed by atoms with Gasteiger partial charge in [-0.25, -0.2) is 4.39 Å². The average Bonchev–Trinajstić information content (AvgIpc) is 2.54. The number of hydrogen-bond donors (Lipinski definition) is 2. The molecule has 23 heavy (non-hydrogen) atoms. The molecule has 120 valence electrons. The molecule has 3 N–H and O–H groups in total. The summed E-state index contributed by atoms with van der Waals surface area (Å²) in [5, 5.41) is 9.20. The molecule has 0 aliphatic carbocycles. The first-order valence-electron chi connectivity index (χ1n) is 7.09. The van der Waals surface area contributed by atoms with Gasteiger partial charge in [0.15, 0.2) is 11.9 Å². The lowest BCUT2D eigenvalue weighted by molar-refractivity contribution is -0.548.